The number of amides is 2. The predicted molar refractivity (Wildman–Crippen MR) is 168 cm³/mol. The molecule has 224 valence electrons. The Morgan fingerprint density at radius 2 is 1.60 bits per heavy atom. The number of halogens is 1. The Kier molecular flexibility index (Phi) is 14.0. The van der Waals surface area contributed by atoms with E-state index < -0.39 is 12.2 Å². The molecule has 0 aliphatic rings. The normalized spacial score (nSPS) is 11.4. The molecule has 0 saturated heterocycles. The lowest BCUT2D eigenvalue weighted by atomic mass is 10.0. The van der Waals surface area contributed by atoms with Crippen molar-refractivity contribution in [3.05, 3.63) is 94.0 Å². The van der Waals surface area contributed by atoms with E-state index in [1.54, 1.807) is 24.3 Å². The Hall–Kier alpha value is -3.69. The van der Waals surface area contributed by atoms with Gasteiger partial charge < -0.3 is 25.8 Å². The summed E-state index contributed by atoms with van der Waals surface area (Å²) in [6, 6.07) is 21.2. The van der Waals surface area contributed by atoms with Gasteiger partial charge in [-0.25, -0.2) is 4.79 Å². The van der Waals surface area contributed by atoms with Crippen LogP contribution in [0.2, 0.25) is 0 Å². The first kappa shape index (κ1) is 32.8. The fraction of sp³-hybridized carbons (Fsp3) is 0.364. The molecule has 0 spiro atoms. The maximum atomic E-state index is 13.3. The summed E-state index contributed by atoms with van der Waals surface area (Å²) in [6.45, 7) is 2.82. The van der Waals surface area contributed by atoms with E-state index in [1.807, 2.05) is 48.5 Å². The number of hydrogen-bond acceptors (Lipinski definition) is 6. The number of hydrogen-bond donors (Lipinski definition) is 3. The SMILES string of the molecule is CCCCc1ccc(NC(=O)[C@H](Cc2ccc(OC(=O)OCc3ccccc3Br)cc2)NC(=O)CCCCCN)cc1. The van der Waals surface area contributed by atoms with Gasteiger partial charge in [0.2, 0.25) is 11.8 Å². The second kappa shape index (κ2) is 18.0. The largest absolute Gasteiger partial charge is 0.514 e. The fourth-order valence-corrected chi connectivity index (χ4v) is 4.65. The van der Waals surface area contributed by atoms with Crippen LogP contribution in [0.3, 0.4) is 0 Å². The van der Waals surface area contributed by atoms with Gasteiger partial charge in [-0.05, 0) is 73.7 Å². The van der Waals surface area contributed by atoms with Crippen molar-refractivity contribution in [2.45, 2.75) is 70.9 Å². The van der Waals surface area contributed by atoms with Crippen molar-refractivity contribution < 1.29 is 23.9 Å². The Bertz CT molecular complexity index is 1280. The molecule has 2 amide bonds. The summed E-state index contributed by atoms with van der Waals surface area (Å²) in [7, 11) is 0. The third kappa shape index (κ3) is 11.7. The van der Waals surface area contributed by atoms with E-state index in [4.69, 9.17) is 15.2 Å². The van der Waals surface area contributed by atoms with Gasteiger partial charge in [0.1, 0.15) is 18.4 Å². The van der Waals surface area contributed by atoms with E-state index in [0.29, 0.717) is 30.8 Å². The van der Waals surface area contributed by atoms with Gasteiger partial charge in [0, 0.05) is 28.6 Å². The van der Waals surface area contributed by atoms with Crippen LogP contribution in [0.15, 0.2) is 77.3 Å². The lowest BCUT2D eigenvalue weighted by Gasteiger charge is -2.19. The maximum absolute atomic E-state index is 13.3. The summed E-state index contributed by atoms with van der Waals surface area (Å²) in [5, 5.41) is 5.83. The number of carbonyl (C=O) groups is 3. The van der Waals surface area contributed by atoms with E-state index in [1.165, 1.54) is 5.56 Å². The number of anilines is 1. The summed E-state index contributed by atoms with van der Waals surface area (Å²) in [6.07, 6.45) is 5.42. The third-order valence-corrected chi connectivity index (χ3v) is 7.44. The summed E-state index contributed by atoms with van der Waals surface area (Å²) in [5.41, 5.74) is 9.06. The molecule has 4 N–H and O–H groups in total. The zero-order valence-electron chi connectivity index (χ0n) is 24.1. The molecule has 8 nitrogen and oxygen atoms in total. The lowest BCUT2D eigenvalue weighted by Crippen LogP contribution is -2.45. The van der Waals surface area contributed by atoms with Gasteiger partial charge in [0.15, 0.2) is 0 Å². The van der Waals surface area contributed by atoms with Crippen LogP contribution in [0.4, 0.5) is 10.5 Å². The second-order valence-corrected chi connectivity index (χ2v) is 10.9. The summed E-state index contributed by atoms with van der Waals surface area (Å²) in [5.74, 6) is -0.179. The van der Waals surface area contributed by atoms with Crippen LogP contribution in [-0.4, -0.2) is 30.6 Å². The topological polar surface area (TPSA) is 120 Å². The molecule has 3 aromatic carbocycles. The van der Waals surface area contributed by atoms with Crippen molar-refractivity contribution in [2.75, 3.05) is 11.9 Å². The minimum absolute atomic E-state index is 0.0719. The van der Waals surface area contributed by atoms with Crippen molar-refractivity contribution in [2.24, 2.45) is 5.73 Å². The first-order valence-electron chi connectivity index (χ1n) is 14.4. The highest BCUT2D eigenvalue weighted by Gasteiger charge is 2.22. The second-order valence-electron chi connectivity index (χ2n) is 10.1. The minimum Gasteiger partial charge on any atom is -0.429 e. The van der Waals surface area contributed by atoms with Gasteiger partial charge >= 0.3 is 6.16 Å². The van der Waals surface area contributed by atoms with Crippen LogP contribution in [0, 0.1) is 0 Å². The number of unbranched alkanes of at least 4 members (excludes halogenated alkanes) is 3. The summed E-state index contributed by atoms with van der Waals surface area (Å²) >= 11 is 3.42. The number of nitrogens with two attached hydrogens (primary N) is 1. The van der Waals surface area contributed by atoms with Crippen LogP contribution < -0.4 is 21.1 Å². The van der Waals surface area contributed by atoms with Gasteiger partial charge in [0.25, 0.3) is 0 Å². The summed E-state index contributed by atoms with van der Waals surface area (Å²) < 4.78 is 11.3. The molecule has 0 radical (unpaired) electrons. The zero-order chi connectivity index (χ0) is 30.2. The first-order valence-corrected chi connectivity index (χ1v) is 15.2. The smallest absolute Gasteiger partial charge is 0.429 e. The predicted octanol–water partition coefficient (Wildman–Crippen LogP) is 6.69. The molecular weight excluding hydrogens is 598 g/mol. The first-order chi connectivity index (χ1) is 20.4. The van der Waals surface area contributed by atoms with Gasteiger partial charge in [-0.1, -0.05) is 78.2 Å². The highest BCUT2D eigenvalue weighted by molar-refractivity contribution is 9.10. The highest BCUT2D eigenvalue weighted by atomic mass is 79.9. The quantitative estimate of drug-likeness (QED) is 0.0914. The molecule has 1 atom stereocenters. The number of carbonyl (C=O) groups excluding carboxylic acids is 3. The van der Waals surface area contributed by atoms with Crippen LogP contribution in [0.1, 0.15) is 62.1 Å². The molecule has 9 heteroatoms. The number of rotatable bonds is 16. The van der Waals surface area contributed by atoms with Crippen molar-refractivity contribution in [1.29, 1.82) is 0 Å². The average Bonchev–Trinajstić information content (AvgIpc) is 2.99. The molecular formula is C33H40BrN3O5. The fourth-order valence-electron chi connectivity index (χ4n) is 4.25. The molecule has 0 aliphatic carbocycles. The maximum Gasteiger partial charge on any atom is 0.514 e. The molecule has 42 heavy (non-hydrogen) atoms. The molecule has 0 heterocycles. The van der Waals surface area contributed by atoms with Crippen molar-refractivity contribution in [3.63, 3.8) is 0 Å². The average molecular weight is 639 g/mol. The Balaban J connectivity index is 1.60. The molecule has 3 aromatic rings. The minimum atomic E-state index is -0.821. The van der Waals surface area contributed by atoms with Gasteiger partial charge in [-0.15, -0.1) is 0 Å². The lowest BCUT2D eigenvalue weighted by molar-refractivity contribution is -0.126. The number of aryl methyl sites for hydroxylation is 1. The number of ether oxygens (including phenoxy) is 2. The highest BCUT2D eigenvalue weighted by Crippen LogP contribution is 2.19. The van der Waals surface area contributed by atoms with Crippen molar-refractivity contribution >= 4 is 39.6 Å². The summed E-state index contributed by atoms with van der Waals surface area (Å²) in [4.78, 5) is 38.1. The van der Waals surface area contributed by atoms with Crippen LogP contribution >= 0.6 is 15.9 Å². The number of nitrogens with one attached hydrogen (secondary N) is 2. The van der Waals surface area contributed by atoms with Crippen LogP contribution in [-0.2, 0) is 33.8 Å². The van der Waals surface area contributed by atoms with Gasteiger partial charge in [-0.2, -0.15) is 0 Å². The van der Waals surface area contributed by atoms with E-state index >= 15 is 0 Å². The van der Waals surface area contributed by atoms with Crippen LogP contribution in [0.25, 0.3) is 0 Å². The van der Waals surface area contributed by atoms with Crippen molar-refractivity contribution in [3.8, 4) is 5.75 Å². The molecule has 0 fully saturated rings. The Morgan fingerprint density at radius 3 is 2.29 bits per heavy atom. The molecule has 0 aliphatic heterocycles. The standard InChI is InChI=1S/C33H40BrN3O5/c1-2-3-9-24-13-17-27(18-14-24)36-32(39)30(37-31(38)12-5-4-8-21-35)22-25-15-19-28(20-16-25)42-33(40)41-23-26-10-6-7-11-29(26)34/h6-7,10-11,13-20,30H,2-5,8-9,12,21-23,35H2,1H3,(H,36,39)(H,37,38)/t30-/m0/s1. The molecule has 0 unspecified atom stereocenters. The molecule has 0 bridgehead atoms. The number of benzene rings is 3. The Labute approximate surface area is 256 Å². The monoisotopic (exact) mass is 637 g/mol. The molecule has 0 aromatic heterocycles. The zero-order valence-corrected chi connectivity index (χ0v) is 25.7. The van der Waals surface area contributed by atoms with E-state index in [2.05, 4.69) is 33.5 Å². The van der Waals surface area contributed by atoms with Gasteiger partial charge in [0.05, 0.1) is 0 Å². The third-order valence-electron chi connectivity index (χ3n) is 6.67. The molecule has 0 saturated carbocycles. The van der Waals surface area contributed by atoms with E-state index in [9.17, 15) is 14.4 Å². The van der Waals surface area contributed by atoms with Crippen LogP contribution in [0.5, 0.6) is 5.75 Å². The van der Waals surface area contributed by atoms with E-state index in [0.717, 1.165) is 47.7 Å². The van der Waals surface area contributed by atoms with Gasteiger partial charge in [-0.3, -0.25) is 9.59 Å². The molecule has 3 rings (SSSR count). The van der Waals surface area contributed by atoms with Crippen molar-refractivity contribution in [1.82, 2.24) is 5.32 Å². The Morgan fingerprint density at radius 1 is 0.881 bits per heavy atom. The van der Waals surface area contributed by atoms with E-state index in [-0.39, 0.29) is 24.8 Å².